The highest BCUT2D eigenvalue weighted by atomic mass is 79.9. The maximum Gasteiger partial charge on any atom is 0.229 e. The molecule has 0 saturated carbocycles. The standard InChI is InChI=1S/C14H15BrN2OS/c1-8-4-5-12(11(15)6-8)17-14(18)7-13-9(2)16-10(3)19-13/h4-6H,7H2,1-3H3,(H,17,18). The van der Waals surface area contributed by atoms with Gasteiger partial charge >= 0.3 is 0 Å². The lowest BCUT2D eigenvalue weighted by atomic mass is 10.2. The molecule has 1 aromatic carbocycles. The fraction of sp³-hybridized carbons (Fsp3) is 0.286. The summed E-state index contributed by atoms with van der Waals surface area (Å²) in [5.74, 6) is -0.0173. The minimum absolute atomic E-state index is 0.0173. The second kappa shape index (κ2) is 5.84. The largest absolute Gasteiger partial charge is 0.325 e. The molecule has 1 N–H and O–H groups in total. The number of nitrogens with zero attached hydrogens (tertiary/aromatic N) is 1. The highest BCUT2D eigenvalue weighted by Crippen LogP contribution is 2.24. The van der Waals surface area contributed by atoms with Gasteiger partial charge in [0.1, 0.15) is 0 Å². The molecular weight excluding hydrogens is 324 g/mol. The number of benzene rings is 1. The number of hydrogen-bond acceptors (Lipinski definition) is 3. The smallest absolute Gasteiger partial charge is 0.229 e. The van der Waals surface area contributed by atoms with Gasteiger partial charge in [-0.1, -0.05) is 6.07 Å². The number of hydrogen-bond donors (Lipinski definition) is 1. The third-order valence-electron chi connectivity index (χ3n) is 2.72. The van der Waals surface area contributed by atoms with Crippen molar-refractivity contribution < 1.29 is 4.79 Å². The number of anilines is 1. The molecule has 1 amide bonds. The predicted octanol–water partition coefficient (Wildman–Crippen LogP) is 4.01. The van der Waals surface area contributed by atoms with Crippen molar-refractivity contribution >= 4 is 38.9 Å². The Labute approximate surface area is 125 Å². The van der Waals surface area contributed by atoms with Crippen LogP contribution in [0.4, 0.5) is 5.69 Å². The van der Waals surface area contributed by atoms with Crippen LogP contribution in [0.5, 0.6) is 0 Å². The average molecular weight is 339 g/mol. The molecule has 0 aliphatic rings. The number of thiazole rings is 1. The second-order valence-corrected chi connectivity index (χ2v) is 6.59. The molecule has 1 heterocycles. The summed E-state index contributed by atoms with van der Waals surface area (Å²) < 4.78 is 0.901. The lowest BCUT2D eigenvalue weighted by Gasteiger charge is -2.07. The first-order valence-electron chi connectivity index (χ1n) is 5.94. The first-order valence-corrected chi connectivity index (χ1v) is 7.55. The first-order chi connectivity index (χ1) is 8.95. The van der Waals surface area contributed by atoms with Gasteiger partial charge in [-0.15, -0.1) is 11.3 Å². The minimum atomic E-state index is -0.0173. The van der Waals surface area contributed by atoms with Crippen molar-refractivity contribution in [3.8, 4) is 0 Å². The first kappa shape index (κ1) is 14.2. The summed E-state index contributed by atoms with van der Waals surface area (Å²) in [5.41, 5.74) is 2.90. The molecule has 0 aliphatic carbocycles. The van der Waals surface area contributed by atoms with E-state index in [9.17, 15) is 4.79 Å². The Morgan fingerprint density at radius 2 is 2.11 bits per heavy atom. The minimum Gasteiger partial charge on any atom is -0.325 e. The van der Waals surface area contributed by atoms with Gasteiger partial charge in [-0.05, 0) is 54.4 Å². The highest BCUT2D eigenvalue weighted by molar-refractivity contribution is 9.10. The van der Waals surface area contributed by atoms with Crippen molar-refractivity contribution in [1.82, 2.24) is 4.98 Å². The van der Waals surface area contributed by atoms with Crippen molar-refractivity contribution in [3.63, 3.8) is 0 Å². The molecule has 1 aromatic heterocycles. The summed E-state index contributed by atoms with van der Waals surface area (Å²) in [6.07, 6.45) is 0.373. The molecule has 0 fully saturated rings. The number of carbonyl (C=O) groups is 1. The van der Waals surface area contributed by atoms with Gasteiger partial charge in [-0.3, -0.25) is 4.79 Å². The highest BCUT2D eigenvalue weighted by Gasteiger charge is 2.11. The maximum absolute atomic E-state index is 12.0. The average Bonchev–Trinajstić information content (AvgIpc) is 2.61. The molecule has 5 heteroatoms. The summed E-state index contributed by atoms with van der Waals surface area (Å²) in [6, 6.07) is 5.86. The monoisotopic (exact) mass is 338 g/mol. The molecule has 0 atom stereocenters. The lowest BCUT2D eigenvalue weighted by Crippen LogP contribution is -2.14. The zero-order valence-electron chi connectivity index (χ0n) is 11.1. The number of aromatic nitrogens is 1. The van der Waals surface area contributed by atoms with Crippen molar-refractivity contribution in [1.29, 1.82) is 0 Å². The third-order valence-corrected chi connectivity index (χ3v) is 4.45. The Hall–Kier alpha value is -1.20. The van der Waals surface area contributed by atoms with Crippen molar-refractivity contribution in [3.05, 3.63) is 43.8 Å². The van der Waals surface area contributed by atoms with Gasteiger partial charge in [-0.25, -0.2) is 4.98 Å². The molecule has 0 bridgehead atoms. The third kappa shape index (κ3) is 3.64. The SMILES string of the molecule is Cc1ccc(NC(=O)Cc2sc(C)nc2C)c(Br)c1. The molecule has 19 heavy (non-hydrogen) atoms. The van der Waals surface area contributed by atoms with E-state index in [1.165, 1.54) is 0 Å². The summed E-state index contributed by atoms with van der Waals surface area (Å²) in [6.45, 7) is 5.91. The van der Waals surface area contributed by atoms with Crippen molar-refractivity contribution in [2.45, 2.75) is 27.2 Å². The van der Waals surface area contributed by atoms with Crippen LogP contribution in [-0.4, -0.2) is 10.9 Å². The summed E-state index contributed by atoms with van der Waals surface area (Å²) in [5, 5.41) is 3.91. The van der Waals surface area contributed by atoms with Gasteiger partial charge in [0.25, 0.3) is 0 Å². The Bertz CT molecular complexity index is 622. The Kier molecular flexibility index (Phi) is 4.37. The van der Waals surface area contributed by atoms with Crippen molar-refractivity contribution in [2.75, 3.05) is 5.32 Å². The molecule has 0 aliphatic heterocycles. The van der Waals surface area contributed by atoms with Crippen LogP contribution in [0.2, 0.25) is 0 Å². The van der Waals surface area contributed by atoms with Crippen LogP contribution in [-0.2, 0) is 11.2 Å². The van der Waals surface area contributed by atoms with E-state index in [1.807, 2.05) is 39.0 Å². The van der Waals surface area contributed by atoms with E-state index in [1.54, 1.807) is 11.3 Å². The number of rotatable bonds is 3. The van der Waals surface area contributed by atoms with Crippen LogP contribution in [0.3, 0.4) is 0 Å². The van der Waals surface area contributed by atoms with Gasteiger partial charge < -0.3 is 5.32 Å². The summed E-state index contributed by atoms with van der Waals surface area (Å²) in [4.78, 5) is 17.4. The van der Waals surface area contributed by atoms with Crippen molar-refractivity contribution in [2.24, 2.45) is 0 Å². The number of aryl methyl sites for hydroxylation is 3. The van der Waals surface area contributed by atoms with E-state index in [4.69, 9.17) is 0 Å². The summed E-state index contributed by atoms with van der Waals surface area (Å²) in [7, 11) is 0. The topological polar surface area (TPSA) is 42.0 Å². The number of carbonyl (C=O) groups excluding carboxylic acids is 1. The Balaban J connectivity index is 2.07. The quantitative estimate of drug-likeness (QED) is 0.918. The normalized spacial score (nSPS) is 10.5. The molecule has 0 spiro atoms. The fourth-order valence-electron chi connectivity index (χ4n) is 1.80. The van der Waals surface area contributed by atoms with Gasteiger partial charge in [0, 0.05) is 9.35 Å². The predicted molar refractivity (Wildman–Crippen MR) is 82.8 cm³/mol. The van der Waals surface area contributed by atoms with Gasteiger partial charge in [-0.2, -0.15) is 0 Å². The molecule has 0 saturated heterocycles. The lowest BCUT2D eigenvalue weighted by molar-refractivity contribution is -0.115. The van der Waals surface area contributed by atoms with E-state index >= 15 is 0 Å². The van der Waals surface area contributed by atoms with Gasteiger partial charge in [0.15, 0.2) is 0 Å². The van der Waals surface area contributed by atoms with E-state index in [0.717, 1.165) is 31.3 Å². The number of amides is 1. The molecule has 3 nitrogen and oxygen atoms in total. The molecule has 0 unspecified atom stereocenters. The van der Waals surface area contributed by atoms with Crippen LogP contribution in [0.1, 0.15) is 21.1 Å². The van der Waals surface area contributed by atoms with Crippen LogP contribution >= 0.6 is 27.3 Å². The van der Waals surface area contributed by atoms with Crippen LogP contribution in [0, 0.1) is 20.8 Å². The molecule has 2 aromatic rings. The molecule has 0 radical (unpaired) electrons. The Morgan fingerprint density at radius 1 is 1.37 bits per heavy atom. The number of nitrogens with one attached hydrogen (secondary N) is 1. The van der Waals surface area contributed by atoms with Gasteiger partial charge in [0.05, 0.1) is 22.8 Å². The van der Waals surface area contributed by atoms with E-state index in [2.05, 4.69) is 26.2 Å². The maximum atomic E-state index is 12.0. The zero-order valence-corrected chi connectivity index (χ0v) is 13.5. The van der Waals surface area contributed by atoms with Gasteiger partial charge in [0.2, 0.25) is 5.91 Å². The fourth-order valence-corrected chi connectivity index (χ4v) is 3.33. The van der Waals surface area contributed by atoms with Crippen LogP contribution in [0.15, 0.2) is 22.7 Å². The van der Waals surface area contributed by atoms with Crippen LogP contribution < -0.4 is 5.32 Å². The summed E-state index contributed by atoms with van der Waals surface area (Å²) >= 11 is 5.03. The van der Waals surface area contributed by atoms with Crippen LogP contribution in [0.25, 0.3) is 0 Å². The second-order valence-electron chi connectivity index (χ2n) is 4.45. The van der Waals surface area contributed by atoms with E-state index in [-0.39, 0.29) is 5.91 Å². The molecule has 100 valence electrons. The molecular formula is C14H15BrN2OS. The number of halogens is 1. The van der Waals surface area contributed by atoms with E-state index in [0.29, 0.717) is 6.42 Å². The van der Waals surface area contributed by atoms with E-state index < -0.39 is 0 Å². The zero-order chi connectivity index (χ0) is 14.0. The molecule has 2 rings (SSSR count). The Morgan fingerprint density at radius 3 is 2.68 bits per heavy atom.